The summed E-state index contributed by atoms with van der Waals surface area (Å²) >= 11 is 5.93. The topological polar surface area (TPSA) is 49.0 Å². The molecule has 2 N–H and O–H groups in total. The van der Waals surface area contributed by atoms with Crippen LogP contribution in [-0.4, -0.2) is 10.9 Å². The van der Waals surface area contributed by atoms with Crippen LogP contribution in [0.3, 0.4) is 0 Å². The molecule has 0 spiro atoms. The Morgan fingerprint density at radius 1 is 0.963 bits per heavy atom. The minimum absolute atomic E-state index is 0.186. The molecule has 2 heterocycles. The molecule has 2 aromatic carbocycles. The highest BCUT2D eigenvalue weighted by molar-refractivity contribution is 6.30. The monoisotopic (exact) mass is 376 g/mol. The summed E-state index contributed by atoms with van der Waals surface area (Å²) in [6.45, 7) is 4.09. The van der Waals surface area contributed by atoms with E-state index < -0.39 is 0 Å². The average molecular weight is 377 g/mol. The maximum absolute atomic E-state index is 12.8. The van der Waals surface area contributed by atoms with Crippen LogP contribution in [0.1, 0.15) is 21.5 Å². The summed E-state index contributed by atoms with van der Waals surface area (Å²) in [6, 6.07) is 19.1. The van der Waals surface area contributed by atoms with Crippen LogP contribution in [0.15, 0.2) is 66.9 Å². The first kappa shape index (κ1) is 17.3. The Kier molecular flexibility index (Phi) is 4.42. The highest BCUT2D eigenvalue weighted by Gasteiger charge is 2.23. The fraction of sp³-hybridized carbons (Fsp3) is 0.0909. The Morgan fingerprint density at radius 3 is 2.37 bits per heavy atom. The van der Waals surface area contributed by atoms with Crippen LogP contribution < -0.4 is 9.72 Å². The van der Waals surface area contributed by atoms with Crippen molar-refractivity contribution in [2.24, 2.45) is 0 Å². The second kappa shape index (κ2) is 6.89. The van der Waals surface area contributed by atoms with E-state index in [2.05, 4.69) is 35.4 Å². The number of nitrogens with zero attached hydrogens (tertiary/aromatic N) is 1. The number of pyridine rings is 1. The molecule has 0 aliphatic carbocycles. The summed E-state index contributed by atoms with van der Waals surface area (Å²) in [6.07, 6.45) is 1.95. The molecule has 0 saturated carbocycles. The van der Waals surface area contributed by atoms with Gasteiger partial charge < -0.3 is 0 Å². The normalized spacial score (nSPS) is 10.9. The number of amides is 1. The van der Waals surface area contributed by atoms with E-state index in [9.17, 15) is 4.79 Å². The number of halogens is 1. The van der Waals surface area contributed by atoms with Crippen molar-refractivity contribution >= 4 is 29.0 Å². The van der Waals surface area contributed by atoms with Gasteiger partial charge in [0, 0.05) is 16.7 Å². The number of nitrogens with one attached hydrogen (secondary N) is 2. The summed E-state index contributed by atoms with van der Waals surface area (Å²) in [5.41, 5.74) is 5.66. The number of aryl methyl sites for hydroxylation is 2. The largest absolute Gasteiger partial charge is 0.311 e. The number of aromatic amines is 1. The maximum atomic E-state index is 12.8. The second-order valence-corrected chi connectivity index (χ2v) is 7.07. The SMILES string of the molecule is Cc1ccc(-c2[nH]c3cc(C)cc[n+]3c2NC(=O)c2ccc(Cl)cc2)cc1. The molecular weight excluding hydrogens is 358 g/mol. The predicted octanol–water partition coefficient (Wildman–Crippen LogP) is 4.94. The van der Waals surface area contributed by atoms with Gasteiger partial charge in [-0.05, 0) is 49.7 Å². The maximum Gasteiger partial charge on any atom is 0.311 e. The molecule has 4 aromatic rings. The van der Waals surface area contributed by atoms with E-state index in [-0.39, 0.29) is 5.91 Å². The molecule has 0 aliphatic heterocycles. The lowest BCUT2D eigenvalue weighted by Gasteiger charge is -2.03. The summed E-state index contributed by atoms with van der Waals surface area (Å²) < 4.78 is 1.95. The van der Waals surface area contributed by atoms with Gasteiger partial charge in [0.15, 0.2) is 5.69 Å². The van der Waals surface area contributed by atoms with E-state index in [1.54, 1.807) is 24.3 Å². The molecule has 0 fully saturated rings. The van der Waals surface area contributed by atoms with Gasteiger partial charge in [-0.3, -0.25) is 9.78 Å². The molecule has 0 atom stereocenters. The van der Waals surface area contributed by atoms with Gasteiger partial charge in [-0.2, -0.15) is 0 Å². The number of fused-ring (bicyclic) bond motifs is 1. The number of carbonyl (C=O) groups is 1. The van der Waals surface area contributed by atoms with Crippen LogP contribution in [0.5, 0.6) is 0 Å². The van der Waals surface area contributed by atoms with E-state index in [0.717, 1.165) is 22.5 Å². The molecule has 0 radical (unpaired) electrons. The number of rotatable bonds is 3. The van der Waals surface area contributed by atoms with Crippen molar-refractivity contribution < 1.29 is 9.20 Å². The van der Waals surface area contributed by atoms with Gasteiger partial charge >= 0.3 is 5.91 Å². The van der Waals surface area contributed by atoms with E-state index in [1.807, 2.05) is 35.7 Å². The van der Waals surface area contributed by atoms with Crippen molar-refractivity contribution in [2.45, 2.75) is 13.8 Å². The van der Waals surface area contributed by atoms with Gasteiger partial charge in [-0.25, -0.2) is 9.72 Å². The van der Waals surface area contributed by atoms with Gasteiger partial charge in [-0.1, -0.05) is 41.4 Å². The fourth-order valence-electron chi connectivity index (χ4n) is 3.04. The van der Waals surface area contributed by atoms with Crippen molar-refractivity contribution in [2.75, 3.05) is 5.32 Å². The van der Waals surface area contributed by atoms with Crippen LogP contribution in [-0.2, 0) is 0 Å². The molecule has 134 valence electrons. The zero-order chi connectivity index (χ0) is 19.0. The molecule has 0 bridgehead atoms. The van der Waals surface area contributed by atoms with E-state index >= 15 is 0 Å². The van der Waals surface area contributed by atoms with Crippen molar-refractivity contribution in [1.82, 2.24) is 4.98 Å². The van der Waals surface area contributed by atoms with Crippen LogP contribution >= 0.6 is 11.6 Å². The standard InChI is InChI=1S/C22H18ClN3O/c1-14-3-5-16(6-4-14)20-21(26-12-11-15(2)13-19(26)24-20)25-22(27)17-7-9-18(23)10-8-17/h3-13H,1-2H3,(H,25,27)/p+1. The van der Waals surface area contributed by atoms with Crippen molar-refractivity contribution in [3.05, 3.63) is 88.6 Å². The minimum Gasteiger partial charge on any atom is -0.267 e. The van der Waals surface area contributed by atoms with Gasteiger partial charge in [0.1, 0.15) is 0 Å². The number of imidazole rings is 1. The molecule has 4 rings (SSSR count). The lowest BCUT2D eigenvalue weighted by molar-refractivity contribution is -0.493. The predicted molar refractivity (Wildman–Crippen MR) is 108 cm³/mol. The first-order valence-corrected chi connectivity index (χ1v) is 9.07. The fourth-order valence-corrected chi connectivity index (χ4v) is 3.16. The second-order valence-electron chi connectivity index (χ2n) is 6.63. The number of hydrogen-bond donors (Lipinski definition) is 2. The lowest BCUT2D eigenvalue weighted by Crippen LogP contribution is -2.27. The zero-order valence-electron chi connectivity index (χ0n) is 15.1. The van der Waals surface area contributed by atoms with E-state index in [1.165, 1.54) is 5.56 Å². The number of aromatic nitrogens is 2. The molecule has 2 aromatic heterocycles. The highest BCUT2D eigenvalue weighted by atomic mass is 35.5. The van der Waals surface area contributed by atoms with Crippen LogP contribution in [0.2, 0.25) is 5.02 Å². The van der Waals surface area contributed by atoms with Gasteiger partial charge in [0.05, 0.1) is 11.8 Å². The van der Waals surface area contributed by atoms with Crippen LogP contribution in [0.25, 0.3) is 16.9 Å². The average Bonchev–Trinajstić information content (AvgIpc) is 3.00. The third-order valence-electron chi connectivity index (χ3n) is 4.52. The Bertz CT molecular complexity index is 1130. The van der Waals surface area contributed by atoms with Crippen molar-refractivity contribution in [1.29, 1.82) is 0 Å². The molecule has 1 amide bonds. The van der Waals surface area contributed by atoms with E-state index in [4.69, 9.17) is 11.6 Å². The van der Waals surface area contributed by atoms with Crippen molar-refractivity contribution in [3.8, 4) is 11.3 Å². The van der Waals surface area contributed by atoms with E-state index in [0.29, 0.717) is 16.4 Å². The number of benzene rings is 2. The minimum atomic E-state index is -0.186. The molecule has 5 heteroatoms. The Balaban J connectivity index is 1.82. The number of anilines is 1. The number of H-pyrrole nitrogens is 1. The van der Waals surface area contributed by atoms with Crippen molar-refractivity contribution in [3.63, 3.8) is 0 Å². The Morgan fingerprint density at radius 2 is 1.67 bits per heavy atom. The van der Waals surface area contributed by atoms with Gasteiger partial charge in [0.2, 0.25) is 5.65 Å². The third kappa shape index (κ3) is 3.44. The number of hydrogen-bond acceptors (Lipinski definition) is 1. The summed E-state index contributed by atoms with van der Waals surface area (Å²) in [5, 5.41) is 3.65. The first-order valence-electron chi connectivity index (χ1n) is 8.69. The molecule has 4 nitrogen and oxygen atoms in total. The lowest BCUT2D eigenvalue weighted by atomic mass is 10.1. The summed E-state index contributed by atoms with van der Waals surface area (Å²) in [5.74, 6) is 0.516. The smallest absolute Gasteiger partial charge is 0.267 e. The van der Waals surface area contributed by atoms with Crippen LogP contribution in [0, 0.1) is 13.8 Å². The summed E-state index contributed by atoms with van der Waals surface area (Å²) in [4.78, 5) is 16.2. The first-order chi connectivity index (χ1) is 13.0. The highest BCUT2D eigenvalue weighted by Crippen LogP contribution is 2.26. The quantitative estimate of drug-likeness (QED) is 0.489. The molecular formula is C22H19ClN3O+. The molecule has 27 heavy (non-hydrogen) atoms. The third-order valence-corrected chi connectivity index (χ3v) is 4.77. The van der Waals surface area contributed by atoms with Gasteiger partial charge in [0.25, 0.3) is 5.82 Å². The number of carbonyl (C=O) groups excluding carboxylic acids is 1. The molecule has 0 saturated heterocycles. The summed E-state index contributed by atoms with van der Waals surface area (Å²) in [7, 11) is 0. The molecule has 0 aliphatic rings. The molecule has 0 unspecified atom stereocenters. The zero-order valence-corrected chi connectivity index (χ0v) is 15.8. The Hall–Kier alpha value is -3.11. The van der Waals surface area contributed by atoms with Crippen LogP contribution in [0.4, 0.5) is 5.82 Å². The Labute approximate surface area is 162 Å². The van der Waals surface area contributed by atoms with Gasteiger partial charge in [-0.15, -0.1) is 0 Å².